The fraction of sp³-hybridized carbons (Fsp3) is 1.00. The smallest absolute Gasteiger partial charge is 0.0243 e. The van der Waals surface area contributed by atoms with Gasteiger partial charge < -0.3 is 0 Å². The third-order valence-corrected chi connectivity index (χ3v) is 5.61. The maximum absolute atomic E-state index is 2.56. The Bertz CT molecular complexity index is 204. The first-order chi connectivity index (χ1) is 6.02. The lowest BCUT2D eigenvalue weighted by molar-refractivity contribution is 0.0973. The topological polar surface area (TPSA) is 0 Å². The molecule has 2 bridgehead atoms. The molecule has 0 spiro atoms. The van der Waals surface area contributed by atoms with Gasteiger partial charge in [-0.15, -0.1) is 0 Å². The largest absolute Gasteiger partial charge is 0.0654 e. The van der Waals surface area contributed by atoms with Crippen LogP contribution in [0.25, 0.3) is 0 Å². The van der Waals surface area contributed by atoms with Crippen molar-refractivity contribution >= 4 is 0 Å². The van der Waals surface area contributed by atoms with Crippen molar-refractivity contribution in [3.05, 3.63) is 0 Å². The zero-order chi connectivity index (χ0) is 9.69. The second-order valence-electron chi connectivity index (χ2n) is 6.10. The predicted molar refractivity (Wildman–Crippen MR) is 57.6 cm³/mol. The van der Waals surface area contributed by atoms with Gasteiger partial charge in [0.2, 0.25) is 0 Å². The normalized spacial score (nSPS) is 47.1. The third kappa shape index (κ3) is 1.04. The van der Waals surface area contributed by atoms with Crippen molar-refractivity contribution in [2.75, 3.05) is 0 Å². The molecule has 2 fully saturated rings. The summed E-state index contributed by atoms with van der Waals surface area (Å²) >= 11 is 0. The molecule has 76 valence electrons. The van der Waals surface area contributed by atoms with E-state index in [1.165, 1.54) is 32.1 Å². The molecule has 3 unspecified atom stereocenters. The summed E-state index contributed by atoms with van der Waals surface area (Å²) < 4.78 is 0. The van der Waals surface area contributed by atoms with Crippen molar-refractivity contribution in [1.29, 1.82) is 0 Å². The Balaban J connectivity index is 2.22. The van der Waals surface area contributed by atoms with Gasteiger partial charge in [-0.05, 0) is 41.9 Å². The molecule has 0 aromatic carbocycles. The lowest BCUT2D eigenvalue weighted by Crippen LogP contribution is -2.32. The van der Waals surface area contributed by atoms with Crippen LogP contribution in [0.2, 0.25) is 0 Å². The maximum atomic E-state index is 2.56. The van der Waals surface area contributed by atoms with Crippen LogP contribution in [-0.4, -0.2) is 0 Å². The molecule has 0 radical (unpaired) electrons. The van der Waals surface area contributed by atoms with Crippen LogP contribution in [-0.2, 0) is 0 Å². The first kappa shape index (κ1) is 9.55. The van der Waals surface area contributed by atoms with Crippen molar-refractivity contribution in [2.45, 2.75) is 59.8 Å². The van der Waals surface area contributed by atoms with Crippen LogP contribution in [0.1, 0.15) is 59.8 Å². The average Bonchev–Trinajstić information content (AvgIpc) is 2.37. The third-order valence-electron chi connectivity index (χ3n) is 5.61. The Morgan fingerprint density at radius 3 is 2.31 bits per heavy atom. The van der Waals surface area contributed by atoms with Crippen molar-refractivity contribution in [1.82, 2.24) is 0 Å². The van der Waals surface area contributed by atoms with E-state index in [0.29, 0.717) is 10.8 Å². The van der Waals surface area contributed by atoms with Crippen molar-refractivity contribution in [2.24, 2.45) is 22.7 Å². The minimum atomic E-state index is 0.632. The van der Waals surface area contributed by atoms with Gasteiger partial charge in [-0.2, -0.15) is 0 Å². The van der Waals surface area contributed by atoms with E-state index in [2.05, 4.69) is 27.7 Å². The molecular weight excluding hydrogens is 156 g/mol. The summed E-state index contributed by atoms with van der Waals surface area (Å²) in [7, 11) is 0. The SMILES string of the molecule is CCCC1CC2CCC1(C)C2(C)C. The van der Waals surface area contributed by atoms with Gasteiger partial charge in [0.1, 0.15) is 0 Å². The van der Waals surface area contributed by atoms with Gasteiger partial charge in [-0.1, -0.05) is 40.5 Å². The van der Waals surface area contributed by atoms with Crippen LogP contribution in [0, 0.1) is 22.7 Å². The van der Waals surface area contributed by atoms with Crippen LogP contribution in [0.4, 0.5) is 0 Å². The monoisotopic (exact) mass is 180 g/mol. The Labute approximate surface area is 83.1 Å². The molecule has 0 aromatic heterocycles. The summed E-state index contributed by atoms with van der Waals surface area (Å²) in [6.07, 6.45) is 7.37. The Hall–Kier alpha value is 0. The van der Waals surface area contributed by atoms with Gasteiger partial charge in [-0.25, -0.2) is 0 Å². The summed E-state index contributed by atoms with van der Waals surface area (Å²) in [5, 5.41) is 0. The molecule has 0 saturated heterocycles. The van der Waals surface area contributed by atoms with Gasteiger partial charge in [0.15, 0.2) is 0 Å². The van der Waals surface area contributed by atoms with Gasteiger partial charge in [-0.3, -0.25) is 0 Å². The highest BCUT2D eigenvalue weighted by Crippen LogP contribution is 2.68. The van der Waals surface area contributed by atoms with E-state index in [1.807, 2.05) is 0 Å². The molecule has 3 atom stereocenters. The molecule has 0 aliphatic heterocycles. The summed E-state index contributed by atoms with van der Waals surface area (Å²) in [5.74, 6) is 2.07. The Morgan fingerprint density at radius 1 is 1.23 bits per heavy atom. The number of rotatable bonds is 2. The van der Waals surface area contributed by atoms with Crippen LogP contribution in [0.5, 0.6) is 0 Å². The van der Waals surface area contributed by atoms with Crippen LogP contribution < -0.4 is 0 Å². The zero-order valence-electron chi connectivity index (χ0n) is 9.69. The van der Waals surface area contributed by atoms with E-state index in [0.717, 1.165) is 11.8 Å². The lowest BCUT2D eigenvalue weighted by Gasteiger charge is -2.39. The molecule has 0 heterocycles. The molecule has 2 aliphatic rings. The van der Waals surface area contributed by atoms with Crippen molar-refractivity contribution < 1.29 is 0 Å². The fourth-order valence-electron chi connectivity index (χ4n) is 4.15. The second-order valence-corrected chi connectivity index (χ2v) is 6.10. The Kier molecular flexibility index (Phi) is 2.02. The van der Waals surface area contributed by atoms with Gasteiger partial charge in [0, 0.05) is 0 Å². The zero-order valence-corrected chi connectivity index (χ0v) is 9.69. The van der Waals surface area contributed by atoms with E-state index < -0.39 is 0 Å². The Morgan fingerprint density at radius 2 is 1.92 bits per heavy atom. The number of fused-ring (bicyclic) bond motifs is 2. The molecule has 2 aliphatic carbocycles. The molecule has 0 heteroatoms. The van der Waals surface area contributed by atoms with Gasteiger partial charge >= 0.3 is 0 Å². The fourth-order valence-corrected chi connectivity index (χ4v) is 4.15. The second kappa shape index (κ2) is 2.74. The number of hydrogen-bond donors (Lipinski definition) is 0. The van der Waals surface area contributed by atoms with Crippen LogP contribution >= 0.6 is 0 Å². The van der Waals surface area contributed by atoms with Crippen molar-refractivity contribution in [3.63, 3.8) is 0 Å². The van der Waals surface area contributed by atoms with Gasteiger partial charge in [0.25, 0.3) is 0 Å². The first-order valence-electron chi connectivity index (χ1n) is 6.02. The average molecular weight is 180 g/mol. The summed E-state index contributed by atoms with van der Waals surface area (Å²) in [6, 6.07) is 0. The minimum Gasteiger partial charge on any atom is -0.0654 e. The van der Waals surface area contributed by atoms with E-state index >= 15 is 0 Å². The highest BCUT2D eigenvalue weighted by atomic mass is 14.6. The minimum absolute atomic E-state index is 0.632. The van der Waals surface area contributed by atoms with E-state index in [-0.39, 0.29) is 0 Å². The molecule has 0 N–H and O–H groups in total. The highest BCUT2D eigenvalue weighted by Gasteiger charge is 2.60. The summed E-state index contributed by atoms with van der Waals surface area (Å²) in [5.41, 5.74) is 1.31. The molecule has 2 rings (SSSR count). The molecular formula is C13H24. The number of hydrogen-bond acceptors (Lipinski definition) is 0. The van der Waals surface area contributed by atoms with Crippen LogP contribution in [0.3, 0.4) is 0 Å². The predicted octanol–water partition coefficient (Wildman–Crippen LogP) is 4.25. The summed E-state index contributed by atoms with van der Waals surface area (Å²) in [4.78, 5) is 0. The first-order valence-corrected chi connectivity index (χ1v) is 6.02. The van der Waals surface area contributed by atoms with E-state index in [4.69, 9.17) is 0 Å². The lowest BCUT2D eigenvalue weighted by atomic mass is 9.66. The molecule has 0 amide bonds. The van der Waals surface area contributed by atoms with E-state index in [9.17, 15) is 0 Å². The maximum Gasteiger partial charge on any atom is -0.0243 e. The highest BCUT2D eigenvalue weighted by molar-refractivity contribution is 5.09. The van der Waals surface area contributed by atoms with Gasteiger partial charge in [0.05, 0.1) is 0 Å². The quantitative estimate of drug-likeness (QED) is 0.596. The molecule has 0 aromatic rings. The van der Waals surface area contributed by atoms with Crippen molar-refractivity contribution in [3.8, 4) is 0 Å². The molecule has 13 heavy (non-hydrogen) atoms. The molecule has 2 saturated carbocycles. The standard InChI is InChI=1S/C13H24/c1-5-6-11-9-10-7-8-13(11,4)12(10,2)3/h10-11H,5-9H2,1-4H3. The summed E-state index contributed by atoms with van der Waals surface area (Å²) in [6.45, 7) is 9.92. The molecule has 0 nitrogen and oxygen atoms in total. The van der Waals surface area contributed by atoms with Crippen LogP contribution in [0.15, 0.2) is 0 Å². The van der Waals surface area contributed by atoms with E-state index in [1.54, 1.807) is 0 Å².